The van der Waals surface area contributed by atoms with Crippen LogP contribution < -0.4 is 5.32 Å². The Morgan fingerprint density at radius 3 is 2.56 bits per heavy atom. The minimum atomic E-state index is -3.03. The van der Waals surface area contributed by atoms with Gasteiger partial charge in [0.25, 0.3) is 0 Å². The summed E-state index contributed by atoms with van der Waals surface area (Å²) in [5.74, 6) is 0. The molecule has 2 amide bonds. The highest BCUT2D eigenvalue weighted by molar-refractivity contribution is 7.91. The topological polar surface area (TPSA) is 66.5 Å². The van der Waals surface area contributed by atoms with E-state index < -0.39 is 9.84 Å². The van der Waals surface area contributed by atoms with Crippen LogP contribution in [0.1, 0.15) is 25.7 Å². The number of piperidine rings is 1. The number of nitrogens with zero attached hydrogens (tertiary/aromatic N) is 1. The molecule has 0 aromatic heterocycles. The van der Waals surface area contributed by atoms with E-state index in [0.29, 0.717) is 25.6 Å². The van der Waals surface area contributed by atoms with E-state index in [9.17, 15) is 13.2 Å². The molecular formula is C10H18N2O3S. The average Bonchev–Trinajstić information content (AvgIpc) is 3.00. The Labute approximate surface area is 96.1 Å². The van der Waals surface area contributed by atoms with Gasteiger partial charge in [-0.05, 0) is 25.7 Å². The van der Waals surface area contributed by atoms with Crippen molar-refractivity contribution in [3.63, 3.8) is 0 Å². The zero-order valence-electron chi connectivity index (χ0n) is 9.48. The first-order valence-corrected chi connectivity index (χ1v) is 7.66. The van der Waals surface area contributed by atoms with E-state index in [1.165, 1.54) is 6.26 Å². The van der Waals surface area contributed by atoms with E-state index in [-0.39, 0.29) is 11.3 Å². The molecule has 1 aliphatic heterocycles. The van der Waals surface area contributed by atoms with E-state index in [1.54, 1.807) is 4.90 Å². The number of hydrogen-bond donors (Lipinski definition) is 1. The summed E-state index contributed by atoms with van der Waals surface area (Å²) < 4.78 is 22.9. The van der Waals surface area contributed by atoms with Crippen LogP contribution in [0.15, 0.2) is 0 Å². The molecule has 1 heterocycles. The monoisotopic (exact) mass is 246 g/mol. The maximum Gasteiger partial charge on any atom is 0.317 e. The maximum atomic E-state index is 11.7. The molecule has 0 spiro atoms. The van der Waals surface area contributed by atoms with Gasteiger partial charge in [0.1, 0.15) is 0 Å². The number of carbonyl (C=O) groups excluding carboxylic acids is 1. The van der Waals surface area contributed by atoms with E-state index in [4.69, 9.17) is 0 Å². The van der Waals surface area contributed by atoms with Crippen molar-refractivity contribution in [2.45, 2.75) is 37.0 Å². The second-order valence-corrected chi connectivity index (χ2v) is 7.09. The molecule has 1 aliphatic carbocycles. The molecule has 2 aliphatic rings. The lowest BCUT2D eigenvalue weighted by molar-refractivity contribution is 0.186. The second-order valence-electron chi connectivity index (χ2n) is 4.76. The fourth-order valence-corrected chi connectivity index (χ4v) is 3.01. The lowest BCUT2D eigenvalue weighted by Gasteiger charge is -2.31. The third-order valence-electron chi connectivity index (χ3n) is 3.18. The number of rotatable bonds is 2. The van der Waals surface area contributed by atoms with Gasteiger partial charge >= 0.3 is 6.03 Å². The number of nitrogens with one attached hydrogen (secondary N) is 1. The molecule has 0 bridgehead atoms. The molecule has 1 saturated heterocycles. The average molecular weight is 246 g/mol. The Kier molecular flexibility index (Phi) is 3.10. The molecule has 6 heteroatoms. The SMILES string of the molecule is CS(=O)(=O)[C@H]1CCCN(C(=O)NC2CC2)C1. The Morgan fingerprint density at radius 1 is 1.31 bits per heavy atom. The first-order valence-electron chi connectivity index (χ1n) is 5.71. The first-order chi connectivity index (χ1) is 7.47. The van der Waals surface area contributed by atoms with Crippen LogP contribution in [-0.4, -0.2) is 50.0 Å². The maximum absolute atomic E-state index is 11.7. The predicted molar refractivity (Wildman–Crippen MR) is 61.0 cm³/mol. The van der Waals surface area contributed by atoms with E-state index in [2.05, 4.69) is 5.32 Å². The number of urea groups is 1. The van der Waals surface area contributed by atoms with Crippen LogP contribution in [0.25, 0.3) is 0 Å². The van der Waals surface area contributed by atoms with Crippen molar-refractivity contribution < 1.29 is 13.2 Å². The Balaban J connectivity index is 1.92. The van der Waals surface area contributed by atoms with Crippen LogP contribution in [0.4, 0.5) is 4.79 Å². The van der Waals surface area contributed by atoms with Gasteiger partial charge in [-0.2, -0.15) is 0 Å². The highest BCUT2D eigenvalue weighted by Crippen LogP contribution is 2.21. The Morgan fingerprint density at radius 2 is 2.00 bits per heavy atom. The Hall–Kier alpha value is -0.780. The quantitative estimate of drug-likeness (QED) is 0.765. The van der Waals surface area contributed by atoms with Crippen LogP contribution >= 0.6 is 0 Å². The molecule has 2 rings (SSSR count). The summed E-state index contributed by atoms with van der Waals surface area (Å²) in [5.41, 5.74) is 0. The van der Waals surface area contributed by atoms with Gasteiger partial charge in [-0.15, -0.1) is 0 Å². The largest absolute Gasteiger partial charge is 0.335 e. The summed E-state index contributed by atoms with van der Waals surface area (Å²) in [6.45, 7) is 1.02. The van der Waals surface area contributed by atoms with Crippen LogP contribution in [0.5, 0.6) is 0 Å². The molecule has 16 heavy (non-hydrogen) atoms. The smallest absolute Gasteiger partial charge is 0.317 e. The molecule has 0 unspecified atom stereocenters. The molecule has 1 saturated carbocycles. The standard InChI is InChI=1S/C10H18N2O3S/c1-16(14,15)9-3-2-6-12(7-9)10(13)11-8-4-5-8/h8-9H,2-7H2,1H3,(H,11,13)/t9-/m0/s1. The van der Waals surface area contributed by atoms with Crippen molar-refractivity contribution in [3.8, 4) is 0 Å². The van der Waals surface area contributed by atoms with Gasteiger partial charge in [0.15, 0.2) is 9.84 Å². The van der Waals surface area contributed by atoms with Crippen molar-refractivity contribution in [1.82, 2.24) is 10.2 Å². The summed E-state index contributed by atoms with van der Waals surface area (Å²) in [7, 11) is -3.03. The van der Waals surface area contributed by atoms with Crippen LogP contribution in [-0.2, 0) is 9.84 Å². The Bertz CT molecular complexity index is 376. The highest BCUT2D eigenvalue weighted by atomic mass is 32.2. The zero-order valence-corrected chi connectivity index (χ0v) is 10.3. The van der Waals surface area contributed by atoms with Crippen LogP contribution in [0.3, 0.4) is 0 Å². The van der Waals surface area contributed by atoms with E-state index >= 15 is 0 Å². The summed E-state index contributed by atoms with van der Waals surface area (Å²) >= 11 is 0. The molecule has 1 atom stereocenters. The van der Waals surface area contributed by atoms with Gasteiger partial charge < -0.3 is 10.2 Å². The number of hydrogen-bond acceptors (Lipinski definition) is 3. The molecular weight excluding hydrogens is 228 g/mol. The van der Waals surface area contributed by atoms with Crippen LogP contribution in [0.2, 0.25) is 0 Å². The van der Waals surface area contributed by atoms with Gasteiger partial charge in [-0.25, -0.2) is 13.2 Å². The van der Waals surface area contributed by atoms with Crippen molar-refractivity contribution >= 4 is 15.9 Å². The van der Waals surface area contributed by atoms with Gasteiger partial charge in [-0.1, -0.05) is 0 Å². The molecule has 0 aromatic carbocycles. The van der Waals surface area contributed by atoms with Crippen LogP contribution in [0, 0.1) is 0 Å². The van der Waals surface area contributed by atoms with E-state index in [0.717, 1.165) is 19.3 Å². The lowest BCUT2D eigenvalue weighted by atomic mass is 10.1. The molecule has 1 N–H and O–H groups in total. The molecule has 0 aromatic rings. The van der Waals surface area contributed by atoms with Crippen molar-refractivity contribution in [1.29, 1.82) is 0 Å². The predicted octanol–water partition coefficient (Wildman–Crippen LogP) is 0.367. The first kappa shape index (κ1) is 11.7. The summed E-state index contributed by atoms with van der Waals surface area (Å²) in [6, 6.07) is 0.224. The van der Waals surface area contributed by atoms with Gasteiger partial charge in [-0.3, -0.25) is 0 Å². The number of amides is 2. The third-order valence-corrected chi connectivity index (χ3v) is 4.77. The van der Waals surface area contributed by atoms with Crippen molar-refractivity contribution in [2.75, 3.05) is 19.3 Å². The van der Waals surface area contributed by atoms with Gasteiger partial charge in [0.2, 0.25) is 0 Å². The minimum Gasteiger partial charge on any atom is -0.335 e. The van der Waals surface area contributed by atoms with Crippen molar-refractivity contribution in [3.05, 3.63) is 0 Å². The number of carbonyl (C=O) groups is 1. The number of likely N-dealkylation sites (tertiary alicyclic amines) is 1. The van der Waals surface area contributed by atoms with Gasteiger partial charge in [0, 0.05) is 25.4 Å². The highest BCUT2D eigenvalue weighted by Gasteiger charge is 2.32. The summed E-state index contributed by atoms with van der Waals surface area (Å²) in [5, 5.41) is 2.50. The third kappa shape index (κ3) is 2.87. The second kappa shape index (κ2) is 4.24. The molecule has 92 valence electrons. The van der Waals surface area contributed by atoms with E-state index in [1.807, 2.05) is 0 Å². The number of sulfone groups is 1. The van der Waals surface area contributed by atoms with Crippen molar-refractivity contribution in [2.24, 2.45) is 0 Å². The summed E-state index contributed by atoms with van der Waals surface area (Å²) in [4.78, 5) is 13.4. The molecule has 5 nitrogen and oxygen atoms in total. The lowest BCUT2D eigenvalue weighted by Crippen LogP contribution is -2.49. The fraction of sp³-hybridized carbons (Fsp3) is 0.900. The fourth-order valence-electron chi connectivity index (χ4n) is 1.97. The normalized spacial score (nSPS) is 26.6. The zero-order chi connectivity index (χ0) is 11.8. The molecule has 0 radical (unpaired) electrons. The summed E-state index contributed by atoms with van der Waals surface area (Å²) in [6.07, 6.45) is 4.80. The van der Waals surface area contributed by atoms with Gasteiger partial charge in [0.05, 0.1) is 5.25 Å². The molecule has 2 fully saturated rings. The minimum absolute atomic E-state index is 0.101.